The third kappa shape index (κ3) is 5.54. The fourth-order valence-electron chi connectivity index (χ4n) is 4.32. The van der Waals surface area contributed by atoms with E-state index in [2.05, 4.69) is 46.7 Å². The Morgan fingerprint density at radius 3 is 2.38 bits per heavy atom. The summed E-state index contributed by atoms with van der Waals surface area (Å²) in [6, 6.07) is 22.4. The van der Waals surface area contributed by atoms with Crippen molar-refractivity contribution in [3.05, 3.63) is 83.4 Å². The molecule has 0 spiro atoms. The molecule has 1 atom stereocenters. The summed E-state index contributed by atoms with van der Waals surface area (Å²) in [6.45, 7) is 5.12. The number of carbonyl (C=O) groups is 2. The number of likely N-dealkylation sites (tertiary alicyclic amines) is 1. The van der Waals surface area contributed by atoms with Gasteiger partial charge in [-0.3, -0.25) is 14.5 Å². The van der Waals surface area contributed by atoms with Crippen LogP contribution in [0.1, 0.15) is 46.8 Å². The first-order chi connectivity index (χ1) is 15.6. The van der Waals surface area contributed by atoms with Gasteiger partial charge in [-0.25, -0.2) is 0 Å². The normalized spacial score (nSPS) is 14.9. The molecule has 2 amide bonds. The minimum atomic E-state index is -0.154. The predicted octanol–water partition coefficient (Wildman–Crippen LogP) is 4.22. The second kappa shape index (κ2) is 10.4. The molecule has 1 saturated heterocycles. The molecule has 1 aliphatic rings. The number of nitrogens with zero attached hydrogens (tertiary/aromatic N) is 1. The van der Waals surface area contributed by atoms with Crippen LogP contribution in [0, 0.1) is 6.92 Å². The van der Waals surface area contributed by atoms with Gasteiger partial charge in [0.15, 0.2) is 0 Å². The van der Waals surface area contributed by atoms with E-state index in [0.717, 1.165) is 23.9 Å². The number of nitrogens with one attached hydrogen (secondary N) is 2. The van der Waals surface area contributed by atoms with Crippen molar-refractivity contribution in [1.82, 2.24) is 15.5 Å². The summed E-state index contributed by atoms with van der Waals surface area (Å²) in [5, 5.41) is 8.07. The smallest absolute Gasteiger partial charge is 0.251 e. The van der Waals surface area contributed by atoms with Crippen molar-refractivity contribution in [2.24, 2.45) is 0 Å². The first-order valence-electron chi connectivity index (χ1n) is 11.4. The molecule has 3 aromatic rings. The van der Waals surface area contributed by atoms with E-state index in [4.69, 9.17) is 0 Å². The van der Waals surface area contributed by atoms with Gasteiger partial charge in [0.05, 0.1) is 6.04 Å². The molecule has 1 aliphatic heterocycles. The van der Waals surface area contributed by atoms with Gasteiger partial charge in [0, 0.05) is 25.1 Å². The fraction of sp³-hybridized carbons (Fsp3) is 0.333. The van der Waals surface area contributed by atoms with Gasteiger partial charge in [-0.05, 0) is 61.3 Å². The van der Waals surface area contributed by atoms with E-state index in [1.54, 1.807) is 0 Å². The van der Waals surface area contributed by atoms with Gasteiger partial charge in [0.25, 0.3) is 5.91 Å². The molecule has 1 fully saturated rings. The van der Waals surface area contributed by atoms with Crippen molar-refractivity contribution in [3.63, 3.8) is 0 Å². The van der Waals surface area contributed by atoms with E-state index >= 15 is 0 Å². The average molecular weight is 430 g/mol. The Labute approximate surface area is 189 Å². The Kier molecular flexibility index (Phi) is 7.17. The van der Waals surface area contributed by atoms with E-state index in [9.17, 15) is 9.59 Å². The van der Waals surface area contributed by atoms with Crippen molar-refractivity contribution in [1.29, 1.82) is 0 Å². The maximum Gasteiger partial charge on any atom is 0.251 e. The van der Waals surface area contributed by atoms with Crippen molar-refractivity contribution < 1.29 is 9.59 Å². The number of fused-ring (bicyclic) bond motifs is 1. The SMILES string of the molecule is Cc1ccc(C(CNC(=O)CCNC(=O)c2ccc3ccccc3c2)N2CCCC2)cc1. The quantitative estimate of drug-likeness (QED) is 0.564. The van der Waals surface area contributed by atoms with Crippen molar-refractivity contribution in [2.75, 3.05) is 26.2 Å². The number of amides is 2. The van der Waals surface area contributed by atoms with Crippen molar-refractivity contribution in [2.45, 2.75) is 32.2 Å². The monoisotopic (exact) mass is 429 g/mol. The highest BCUT2D eigenvalue weighted by atomic mass is 16.2. The number of carbonyl (C=O) groups excluding carboxylic acids is 2. The molecular formula is C27H31N3O2. The van der Waals surface area contributed by atoms with Gasteiger partial charge < -0.3 is 10.6 Å². The number of benzene rings is 3. The minimum absolute atomic E-state index is 0.0416. The third-order valence-corrected chi connectivity index (χ3v) is 6.19. The summed E-state index contributed by atoms with van der Waals surface area (Å²) in [5.41, 5.74) is 3.08. The standard InChI is InChI=1S/C27H31N3O2/c1-20-8-10-22(11-9-20)25(30-16-4-5-17-30)19-29-26(31)14-15-28-27(32)24-13-12-21-6-2-3-7-23(21)18-24/h2-3,6-13,18,25H,4-5,14-17,19H2,1H3,(H,28,32)(H,29,31). The van der Waals surface area contributed by atoms with Gasteiger partial charge >= 0.3 is 0 Å². The topological polar surface area (TPSA) is 61.4 Å². The second-order valence-corrected chi connectivity index (χ2v) is 8.54. The summed E-state index contributed by atoms with van der Waals surface area (Å²) in [5.74, 6) is -0.196. The number of hydrogen-bond acceptors (Lipinski definition) is 3. The van der Waals surface area contributed by atoms with Gasteiger partial charge in [-0.2, -0.15) is 0 Å². The molecule has 0 bridgehead atoms. The maximum atomic E-state index is 12.5. The molecule has 4 rings (SSSR count). The highest BCUT2D eigenvalue weighted by molar-refractivity contribution is 5.98. The molecule has 5 nitrogen and oxygen atoms in total. The molecule has 3 aromatic carbocycles. The maximum absolute atomic E-state index is 12.5. The van der Waals surface area contributed by atoms with Crippen LogP contribution in [0.2, 0.25) is 0 Å². The van der Waals surface area contributed by atoms with Crippen LogP contribution in [0.25, 0.3) is 10.8 Å². The van der Waals surface area contributed by atoms with Crippen LogP contribution in [-0.2, 0) is 4.79 Å². The molecule has 32 heavy (non-hydrogen) atoms. The molecule has 5 heteroatoms. The van der Waals surface area contributed by atoms with E-state index in [-0.39, 0.29) is 24.3 Å². The van der Waals surface area contributed by atoms with Gasteiger partial charge in [0.2, 0.25) is 5.91 Å². The summed E-state index contributed by atoms with van der Waals surface area (Å²) < 4.78 is 0. The van der Waals surface area contributed by atoms with E-state index < -0.39 is 0 Å². The Balaban J connectivity index is 1.27. The first-order valence-corrected chi connectivity index (χ1v) is 11.4. The van der Waals surface area contributed by atoms with E-state index in [0.29, 0.717) is 18.7 Å². The Morgan fingerprint density at radius 2 is 1.62 bits per heavy atom. The molecule has 1 heterocycles. The zero-order chi connectivity index (χ0) is 22.3. The highest BCUT2D eigenvalue weighted by Gasteiger charge is 2.23. The Morgan fingerprint density at radius 1 is 0.906 bits per heavy atom. The highest BCUT2D eigenvalue weighted by Crippen LogP contribution is 2.25. The number of hydrogen-bond donors (Lipinski definition) is 2. The Hall–Kier alpha value is -3.18. The first kappa shape index (κ1) is 22.0. The molecular weight excluding hydrogens is 398 g/mol. The zero-order valence-electron chi connectivity index (χ0n) is 18.6. The predicted molar refractivity (Wildman–Crippen MR) is 129 cm³/mol. The fourth-order valence-corrected chi connectivity index (χ4v) is 4.32. The van der Waals surface area contributed by atoms with Crippen LogP contribution >= 0.6 is 0 Å². The van der Waals surface area contributed by atoms with Gasteiger partial charge in [-0.15, -0.1) is 0 Å². The molecule has 166 valence electrons. The van der Waals surface area contributed by atoms with Crippen LogP contribution in [0.5, 0.6) is 0 Å². The molecule has 0 aromatic heterocycles. The summed E-state index contributed by atoms with van der Waals surface area (Å²) in [4.78, 5) is 27.4. The zero-order valence-corrected chi connectivity index (χ0v) is 18.6. The summed E-state index contributed by atoms with van der Waals surface area (Å²) >= 11 is 0. The molecule has 2 N–H and O–H groups in total. The number of rotatable bonds is 8. The molecule has 0 aliphatic carbocycles. The lowest BCUT2D eigenvalue weighted by Crippen LogP contribution is -2.38. The minimum Gasteiger partial charge on any atom is -0.354 e. The van der Waals surface area contributed by atoms with Crippen LogP contribution in [0.15, 0.2) is 66.7 Å². The average Bonchev–Trinajstić information content (AvgIpc) is 3.34. The summed E-state index contributed by atoms with van der Waals surface area (Å²) in [7, 11) is 0. The third-order valence-electron chi connectivity index (χ3n) is 6.19. The van der Waals surface area contributed by atoms with Crippen LogP contribution < -0.4 is 10.6 Å². The Bertz CT molecular complexity index is 1070. The largest absolute Gasteiger partial charge is 0.354 e. The lowest BCUT2D eigenvalue weighted by Gasteiger charge is -2.28. The van der Waals surface area contributed by atoms with Gasteiger partial charge in [-0.1, -0.05) is 60.2 Å². The van der Waals surface area contributed by atoms with Crippen molar-refractivity contribution >= 4 is 22.6 Å². The molecule has 1 unspecified atom stereocenters. The lowest BCUT2D eigenvalue weighted by molar-refractivity contribution is -0.121. The number of aryl methyl sites for hydroxylation is 1. The van der Waals surface area contributed by atoms with E-state index in [1.807, 2.05) is 42.5 Å². The van der Waals surface area contributed by atoms with Crippen LogP contribution in [-0.4, -0.2) is 42.9 Å². The molecule has 0 saturated carbocycles. The lowest BCUT2D eigenvalue weighted by atomic mass is 10.0. The van der Waals surface area contributed by atoms with Crippen LogP contribution in [0.4, 0.5) is 0 Å². The van der Waals surface area contributed by atoms with Crippen molar-refractivity contribution in [3.8, 4) is 0 Å². The second-order valence-electron chi connectivity index (χ2n) is 8.54. The summed E-state index contributed by atoms with van der Waals surface area (Å²) in [6.07, 6.45) is 2.67. The van der Waals surface area contributed by atoms with Gasteiger partial charge in [0.1, 0.15) is 0 Å². The molecule has 0 radical (unpaired) electrons. The van der Waals surface area contributed by atoms with E-state index in [1.165, 1.54) is 24.0 Å². The van der Waals surface area contributed by atoms with Crippen LogP contribution in [0.3, 0.4) is 0 Å².